The molecule has 0 spiro atoms. The normalized spacial score (nSPS) is 16.0. The standard InChI is InChI=1S/C19H19N3O3/c1-4-22-16-10-15-14(9-13(16)19(2,3)25-18(22)24)20-17(21-15)11-5-7-12(23)8-6-11/h5-10,23H,4H2,1-3H3,(H,20,21). The molecule has 2 aromatic carbocycles. The van der Waals surface area contributed by atoms with Crippen LogP contribution in [0.1, 0.15) is 26.3 Å². The molecule has 0 fully saturated rings. The molecule has 0 saturated heterocycles. The maximum absolute atomic E-state index is 12.3. The number of carbonyl (C=O) groups excluding carboxylic acids is 1. The fourth-order valence-corrected chi connectivity index (χ4v) is 3.23. The number of rotatable bonds is 2. The molecule has 1 aliphatic heterocycles. The van der Waals surface area contributed by atoms with Gasteiger partial charge in [0.05, 0.1) is 16.7 Å². The van der Waals surface area contributed by atoms with Crippen molar-refractivity contribution >= 4 is 22.8 Å². The fraction of sp³-hybridized carbons (Fsp3) is 0.263. The van der Waals surface area contributed by atoms with E-state index in [9.17, 15) is 9.90 Å². The number of imidazole rings is 1. The van der Waals surface area contributed by atoms with Crippen molar-refractivity contribution in [1.29, 1.82) is 0 Å². The monoisotopic (exact) mass is 337 g/mol. The number of hydrogen-bond acceptors (Lipinski definition) is 4. The lowest BCUT2D eigenvalue weighted by Crippen LogP contribution is -2.43. The van der Waals surface area contributed by atoms with E-state index in [-0.39, 0.29) is 11.8 Å². The van der Waals surface area contributed by atoms with Crippen LogP contribution in [-0.4, -0.2) is 27.7 Å². The van der Waals surface area contributed by atoms with Crippen LogP contribution in [0.3, 0.4) is 0 Å². The van der Waals surface area contributed by atoms with Gasteiger partial charge in [-0.1, -0.05) is 0 Å². The van der Waals surface area contributed by atoms with Gasteiger partial charge in [0.1, 0.15) is 17.2 Å². The second kappa shape index (κ2) is 5.24. The Kier molecular flexibility index (Phi) is 3.25. The lowest BCUT2D eigenvalue weighted by Gasteiger charge is -2.38. The smallest absolute Gasteiger partial charge is 0.415 e. The van der Waals surface area contributed by atoms with Crippen LogP contribution in [0.2, 0.25) is 0 Å². The molecule has 3 aromatic rings. The number of aromatic hydroxyl groups is 1. The highest BCUT2D eigenvalue weighted by atomic mass is 16.6. The molecule has 0 radical (unpaired) electrons. The van der Waals surface area contributed by atoms with E-state index < -0.39 is 5.60 Å². The number of phenols is 1. The highest BCUT2D eigenvalue weighted by Crippen LogP contribution is 2.41. The number of cyclic esters (lactones) is 1. The molecule has 6 nitrogen and oxygen atoms in total. The Morgan fingerprint density at radius 2 is 1.96 bits per heavy atom. The summed E-state index contributed by atoms with van der Waals surface area (Å²) in [6, 6.07) is 10.8. The predicted octanol–water partition coefficient (Wildman–Crippen LogP) is 4.15. The first-order chi connectivity index (χ1) is 11.9. The molecular formula is C19H19N3O3. The van der Waals surface area contributed by atoms with E-state index in [4.69, 9.17) is 4.74 Å². The van der Waals surface area contributed by atoms with E-state index in [2.05, 4.69) is 9.97 Å². The van der Waals surface area contributed by atoms with Crippen molar-refractivity contribution in [3.8, 4) is 17.1 Å². The van der Waals surface area contributed by atoms with Crippen LogP contribution in [-0.2, 0) is 10.3 Å². The number of aromatic nitrogens is 2. The van der Waals surface area contributed by atoms with E-state index in [0.717, 1.165) is 27.8 Å². The molecule has 0 saturated carbocycles. The number of nitrogens with zero attached hydrogens (tertiary/aromatic N) is 2. The lowest BCUT2D eigenvalue weighted by molar-refractivity contribution is 0.0354. The number of fused-ring (bicyclic) bond motifs is 2. The van der Waals surface area contributed by atoms with Crippen molar-refractivity contribution in [1.82, 2.24) is 9.97 Å². The van der Waals surface area contributed by atoms with E-state index in [1.54, 1.807) is 17.0 Å². The van der Waals surface area contributed by atoms with Crippen molar-refractivity contribution in [2.45, 2.75) is 26.4 Å². The molecule has 1 aromatic heterocycles. The first kappa shape index (κ1) is 15.5. The number of carbonyl (C=O) groups is 1. The van der Waals surface area contributed by atoms with E-state index in [0.29, 0.717) is 12.4 Å². The minimum Gasteiger partial charge on any atom is -0.508 e. The minimum atomic E-state index is -0.698. The van der Waals surface area contributed by atoms with Crippen molar-refractivity contribution in [2.24, 2.45) is 0 Å². The van der Waals surface area contributed by atoms with Gasteiger partial charge in [-0.3, -0.25) is 4.90 Å². The molecule has 0 aliphatic carbocycles. The summed E-state index contributed by atoms with van der Waals surface area (Å²) < 4.78 is 5.58. The second-order valence-corrected chi connectivity index (χ2v) is 6.64. The second-order valence-electron chi connectivity index (χ2n) is 6.64. The summed E-state index contributed by atoms with van der Waals surface area (Å²) in [5.74, 6) is 0.928. The molecule has 1 amide bonds. The number of phenolic OH excluding ortho intramolecular Hbond substituents is 1. The van der Waals surface area contributed by atoms with Crippen LogP contribution in [0.5, 0.6) is 5.75 Å². The van der Waals surface area contributed by atoms with Gasteiger partial charge in [-0.15, -0.1) is 0 Å². The number of H-pyrrole nitrogens is 1. The Bertz CT molecular complexity index is 973. The summed E-state index contributed by atoms with van der Waals surface area (Å²) in [6.45, 7) is 6.22. The molecule has 0 atom stereocenters. The maximum Gasteiger partial charge on any atom is 0.415 e. The van der Waals surface area contributed by atoms with Crippen molar-refractivity contribution in [2.75, 3.05) is 11.4 Å². The first-order valence-electron chi connectivity index (χ1n) is 8.23. The van der Waals surface area contributed by atoms with E-state index in [1.807, 2.05) is 45.0 Å². The molecule has 1 aliphatic rings. The van der Waals surface area contributed by atoms with Gasteiger partial charge in [-0.2, -0.15) is 0 Å². The number of amides is 1. The number of benzene rings is 2. The van der Waals surface area contributed by atoms with Gasteiger partial charge in [0.25, 0.3) is 0 Å². The molecule has 128 valence electrons. The quantitative estimate of drug-likeness (QED) is 0.736. The molecule has 0 unspecified atom stereocenters. The SMILES string of the molecule is CCN1C(=O)OC(C)(C)c2cc3[nH]c(-c4ccc(O)cc4)nc3cc21. The number of nitrogens with one attached hydrogen (secondary N) is 1. The topological polar surface area (TPSA) is 78.5 Å². The Morgan fingerprint density at radius 1 is 1.24 bits per heavy atom. The van der Waals surface area contributed by atoms with Crippen LogP contribution in [0.25, 0.3) is 22.4 Å². The zero-order chi connectivity index (χ0) is 17.8. The molecule has 2 heterocycles. The highest BCUT2D eigenvalue weighted by molar-refractivity contribution is 5.95. The third-order valence-electron chi connectivity index (χ3n) is 4.56. The highest BCUT2D eigenvalue weighted by Gasteiger charge is 2.38. The van der Waals surface area contributed by atoms with Crippen LogP contribution >= 0.6 is 0 Å². The number of ether oxygens (including phenoxy) is 1. The average Bonchev–Trinajstić information content (AvgIpc) is 2.97. The summed E-state index contributed by atoms with van der Waals surface area (Å²) in [5.41, 5.74) is 3.62. The van der Waals surface area contributed by atoms with Gasteiger partial charge >= 0.3 is 6.09 Å². The Hall–Kier alpha value is -3.02. The van der Waals surface area contributed by atoms with Crippen molar-refractivity contribution in [3.63, 3.8) is 0 Å². The number of aromatic amines is 1. The van der Waals surface area contributed by atoms with Gasteiger partial charge in [-0.05, 0) is 57.2 Å². The zero-order valence-electron chi connectivity index (χ0n) is 14.3. The van der Waals surface area contributed by atoms with Gasteiger partial charge in [0.15, 0.2) is 0 Å². The van der Waals surface area contributed by atoms with Gasteiger partial charge in [-0.25, -0.2) is 9.78 Å². The van der Waals surface area contributed by atoms with Crippen molar-refractivity contribution in [3.05, 3.63) is 42.0 Å². The maximum atomic E-state index is 12.3. The summed E-state index contributed by atoms with van der Waals surface area (Å²) in [7, 11) is 0. The summed E-state index contributed by atoms with van der Waals surface area (Å²) in [5, 5.41) is 9.44. The number of anilines is 1. The molecule has 2 N–H and O–H groups in total. The summed E-state index contributed by atoms with van der Waals surface area (Å²) >= 11 is 0. The van der Waals surface area contributed by atoms with Gasteiger partial charge < -0.3 is 14.8 Å². The average molecular weight is 337 g/mol. The number of hydrogen-bond donors (Lipinski definition) is 2. The third kappa shape index (κ3) is 2.41. The van der Waals surface area contributed by atoms with E-state index >= 15 is 0 Å². The van der Waals surface area contributed by atoms with Crippen LogP contribution < -0.4 is 4.90 Å². The van der Waals surface area contributed by atoms with Gasteiger partial charge in [0.2, 0.25) is 0 Å². The molecule has 25 heavy (non-hydrogen) atoms. The molecule has 0 bridgehead atoms. The molecular weight excluding hydrogens is 318 g/mol. The van der Waals surface area contributed by atoms with Gasteiger partial charge in [0, 0.05) is 17.7 Å². The lowest BCUT2D eigenvalue weighted by atomic mass is 9.93. The first-order valence-corrected chi connectivity index (χ1v) is 8.23. The van der Waals surface area contributed by atoms with E-state index in [1.165, 1.54) is 0 Å². The minimum absolute atomic E-state index is 0.214. The van der Waals surface area contributed by atoms with Crippen LogP contribution in [0.4, 0.5) is 10.5 Å². The Morgan fingerprint density at radius 3 is 2.64 bits per heavy atom. The van der Waals surface area contributed by atoms with Crippen LogP contribution in [0.15, 0.2) is 36.4 Å². The van der Waals surface area contributed by atoms with Crippen molar-refractivity contribution < 1.29 is 14.6 Å². The Balaban J connectivity index is 1.90. The zero-order valence-corrected chi connectivity index (χ0v) is 14.3. The predicted molar refractivity (Wildman–Crippen MR) is 95.7 cm³/mol. The Labute approximate surface area is 145 Å². The van der Waals surface area contributed by atoms with Crippen LogP contribution in [0, 0.1) is 0 Å². The molecule has 6 heteroatoms. The summed E-state index contributed by atoms with van der Waals surface area (Å²) in [4.78, 5) is 21.8. The fourth-order valence-electron chi connectivity index (χ4n) is 3.23. The largest absolute Gasteiger partial charge is 0.508 e. The molecule has 4 rings (SSSR count). The third-order valence-corrected chi connectivity index (χ3v) is 4.56. The summed E-state index contributed by atoms with van der Waals surface area (Å²) in [6.07, 6.45) is -0.339.